The molecule has 0 saturated heterocycles. The number of allylic oxidation sites excluding steroid dienone is 14. The molecule has 0 rings (SSSR count). The normalized spacial score (nSPS) is 13.6. The quantitative estimate of drug-likeness (QED) is 0.0260. The molecule has 0 amide bonds. The van der Waals surface area contributed by atoms with Gasteiger partial charge in [0, 0.05) is 19.3 Å². The Morgan fingerprint density at radius 3 is 1.30 bits per heavy atom. The largest absolute Gasteiger partial charge is 0.544 e. The molecule has 0 bridgehead atoms. The number of carboxylic acids is 1. The Balaban J connectivity index is 4.32. The van der Waals surface area contributed by atoms with Crippen LogP contribution in [0.4, 0.5) is 0 Å². The number of ether oxygens (including phenoxy) is 3. The van der Waals surface area contributed by atoms with E-state index in [-0.39, 0.29) is 42.7 Å². The number of carbonyl (C=O) groups is 3. The first-order valence-corrected chi connectivity index (χ1v) is 25.6. The summed E-state index contributed by atoms with van der Waals surface area (Å²) >= 11 is 0. The molecule has 0 spiro atoms. The number of hydrogen-bond acceptors (Lipinski definition) is 7. The van der Waals surface area contributed by atoms with Crippen molar-refractivity contribution < 1.29 is 38.2 Å². The predicted octanol–water partition coefficient (Wildman–Crippen LogP) is 13.5. The first-order chi connectivity index (χ1) is 31.1. The minimum atomic E-state index is -1.13. The summed E-state index contributed by atoms with van der Waals surface area (Å²) in [5, 5.41) is 11.7. The fourth-order valence-corrected chi connectivity index (χ4v) is 7.07. The number of carboxylic acid groups (broad SMARTS) is 1. The van der Waals surface area contributed by atoms with Gasteiger partial charge in [-0.05, 0) is 89.9 Å². The molecule has 8 nitrogen and oxygen atoms in total. The van der Waals surface area contributed by atoms with Gasteiger partial charge in [-0.25, -0.2) is 0 Å². The van der Waals surface area contributed by atoms with Gasteiger partial charge in [-0.15, -0.1) is 0 Å². The standard InChI is InChI=1S/C56H95NO7/c1-6-8-10-12-14-16-18-20-22-24-26-27-29-31-33-35-37-39-41-43-45-47-55(59)64-52(50-62-49-48-53(56(60)61)57(3,4)5)51-63-54(58)46-44-42-40-38-36-34-32-30-28-25-23-21-19-17-15-13-11-9-7-2/h9,11,14-17,20-23,26-27,31,33,52-53H,6-8,10,12-13,18-19,24-25,28-30,32,34-51H2,1-5H3/b11-9+,16-14+,17-15+,22-20+,23-21+,27-26+,33-31+. The van der Waals surface area contributed by atoms with Crippen molar-refractivity contribution in [3.63, 3.8) is 0 Å². The molecule has 0 saturated carbocycles. The summed E-state index contributed by atoms with van der Waals surface area (Å²) in [4.78, 5) is 37.0. The van der Waals surface area contributed by atoms with Crippen molar-refractivity contribution in [2.24, 2.45) is 0 Å². The van der Waals surface area contributed by atoms with Crippen LogP contribution in [0.15, 0.2) is 85.1 Å². The lowest BCUT2D eigenvalue weighted by Crippen LogP contribution is -2.55. The second-order valence-corrected chi connectivity index (χ2v) is 18.0. The lowest BCUT2D eigenvalue weighted by atomic mass is 10.1. The maximum atomic E-state index is 12.8. The molecule has 0 aromatic heterocycles. The smallest absolute Gasteiger partial charge is 0.306 e. The van der Waals surface area contributed by atoms with Crippen molar-refractivity contribution in [1.29, 1.82) is 0 Å². The van der Waals surface area contributed by atoms with Crippen molar-refractivity contribution in [2.45, 2.75) is 212 Å². The number of carbonyl (C=O) groups excluding carboxylic acids is 3. The Bertz CT molecular complexity index is 1320. The zero-order valence-electron chi connectivity index (χ0n) is 41.7. The third-order valence-corrected chi connectivity index (χ3v) is 11.0. The van der Waals surface area contributed by atoms with E-state index in [9.17, 15) is 19.5 Å². The fraction of sp³-hybridized carbons (Fsp3) is 0.696. The number of likely N-dealkylation sites (N-methyl/N-ethyl adjacent to an activating group) is 1. The summed E-state index contributed by atoms with van der Waals surface area (Å²) in [6.07, 6.45) is 60.3. The van der Waals surface area contributed by atoms with E-state index in [0.717, 1.165) is 103 Å². The topological polar surface area (TPSA) is 102 Å². The summed E-state index contributed by atoms with van der Waals surface area (Å²) in [5.74, 6) is -1.77. The van der Waals surface area contributed by atoms with E-state index < -0.39 is 18.1 Å². The first-order valence-electron chi connectivity index (χ1n) is 25.6. The van der Waals surface area contributed by atoms with Crippen molar-refractivity contribution in [3.05, 3.63) is 85.1 Å². The van der Waals surface area contributed by atoms with Gasteiger partial charge >= 0.3 is 11.9 Å². The molecular formula is C56H95NO7. The van der Waals surface area contributed by atoms with E-state index in [1.807, 2.05) is 0 Å². The molecule has 0 aliphatic carbocycles. The number of hydrogen-bond donors (Lipinski definition) is 0. The molecule has 2 atom stereocenters. The summed E-state index contributed by atoms with van der Waals surface area (Å²) in [7, 11) is 5.40. The Hall–Kier alpha value is -3.49. The Labute approximate surface area is 393 Å². The summed E-state index contributed by atoms with van der Waals surface area (Å²) < 4.78 is 17.2. The average molecular weight is 894 g/mol. The lowest BCUT2D eigenvalue weighted by molar-refractivity contribution is -0.889. The van der Waals surface area contributed by atoms with E-state index in [1.165, 1.54) is 64.2 Å². The maximum Gasteiger partial charge on any atom is 0.306 e. The molecule has 8 heteroatoms. The van der Waals surface area contributed by atoms with Gasteiger partial charge in [0.2, 0.25) is 0 Å². The van der Waals surface area contributed by atoms with Crippen molar-refractivity contribution in [2.75, 3.05) is 41.0 Å². The van der Waals surface area contributed by atoms with Gasteiger partial charge in [-0.3, -0.25) is 9.59 Å². The second-order valence-electron chi connectivity index (χ2n) is 18.0. The number of quaternary nitrogens is 1. The average Bonchev–Trinajstić information content (AvgIpc) is 3.26. The third-order valence-electron chi connectivity index (χ3n) is 11.0. The van der Waals surface area contributed by atoms with Gasteiger partial charge in [-0.2, -0.15) is 0 Å². The molecule has 0 heterocycles. The Kier molecular flexibility index (Phi) is 43.5. The van der Waals surface area contributed by atoms with Crippen LogP contribution >= 0.6 is 0 Å². The molecule has 0 radical (unpaired) electrons. The molecule has 0 aliphatic heterocycles. The van der Waals surface area contributed by atoms with Gasteiger partial charge in [0.15, 0.2) is 6.10 Å². The summed E-state index contributed by atoms with van der Waals surface area (Å²) in [6.45, 7) is 4.50. The predicted molar refractivity (Wildman–Crippen MR) is 268 cm³/mol. The molecule has 0 N–H and O–H groups in total. The monoisotopic (exact) mass is 894 g/mol. The highest BCUT2D eigenvalue weighted by atomic mass is 16.6. The molecule has 64 heavy (non-hydrogen) atoms. The van der Waals surface area contributed by atoms with E-state index in [4.69, 9.17) is 14.2 Å². The van der Waals surface area contributed by atoms with Crippen LogP contribution in [0, 0.1) is 0 Å². The molecule has 0 fully saturated rings. The molecule has 366 valence electrons. The SMILES string of the molecule is CC/C=C/C/C=C/C/C=C/CCCCCCCCCCCC(=O)OCC(COCCC(C(=O)[O-])[N+](C)(C)C)OC(=O)CCCCCCC/C=C/C/C=C/C/C=C/C/C=C/CCCCC. The van der Waals surface area contributed by atoms with Crippen LogP contribution in [0.25, 0.3) is 0 Å². The van der Waals surface area contributed by atoms with E-state index in [1.54, 1.807) is 21.1 Å². The van der Waals surface area contributed by atoms with Crippen LogP contribution in [-0.2, 0) is 28.6 Å². The number of rotatable bonds is 45. The number of nitrogens with zero attached hydrogens (tertiary/aromatic N) is 1. The molecular weight excluding hydrogens is 799 g/mol. The number of aliphatic carboxylic acids is 1. The molecule has 0 aliphatic rings. The highest BCUT2D eigenvalue weighted by molar-refractivity contribution is 5.70. The van der Waals surface area contributed by atoms with Gasteiger partial charge in [0.1, 0.15) is 12.6 Å². The van der Waals surface area contributed by atoms with E-state index >= 15 is 0 Å². The summed E-state index contributed by atoms with van der Waals surface area (Å²) in [5.41, 5.74) is 0. The molecule has 0 aromatic rings. The van der Waals surface area contributed by atoms with Crippen molar-refractivity contribution >= 4 is 17.9 Å². The Morgan fingerprint density at radius 2 is 0.875 bits per heavy atom. The number of esters is 2. The third kappa shape index (κ3) is 43.7. The fourth-order valence-electron chi connectivity index (χ4n) is 7.07. The highest BCUT2D eigenvalue weighted by Gasteiger charge is 2.25. The number of unbranched alkanes of at least 4 members (excludes halogenated alkanes) is 17. The molecule has 2 unspecified atom stereocenters. The van der Waals surface area contributed by atoms with Crippen molar-refractivity contribution in [1.82, 2.24) is 0 Å². The van der Waals surface area contributed by atoms with Crippen molar-refractivity contribution in [3.8, 4) is 0 Å². The second kappa shape index (κ2) is 46.1. The maximum absolute atomic E-state index is 12.8. The van der Waals surface area contributed by atoms with E-state index in [2.05, 4.69) is 98.9 Å². The highest BCUT2D eigenvalue weighted by Crippen LogP contribution is 2.14. The van der Waals surface area contributed by atoms with Crippen LogP contribution in [0.3, 0.4) is 0 Å². The van der Waals surface area contributed by atoms with Gasteiger partial charge < -0.3 is 28.6 Å². The Morgan fingerprint density at radius 1 is 0.484 bits per heavy atom. The van der Waals surface area contributed by atoms with Crippen LogP contribution in [0.1, 0.15) is 200 Å². The minimum absolute atomic E-state index is 0.0269. The van der Waals surface area contributed by atoms with E-state index in [0.29, 0.717) is 12.8 Å². The summed E-state index contributed by atoms with van der Waals surface area (Å²) in [6, 6.07) is -0.735. The van der Waals surface area contributed by atoms with Crippen LogP contribution in [0.2, 0.25) is 0 Å². The van der Waals surface area contributed by atoms with Gasteiger partial charge in [0.25, 0.3) is 0 Å². The van der Waals surface area contributed by atoms with Crippen LogP contribution < -0.4 is 5.11 Å². The minimum Gasteiger partial charge on any atom is -0.544 e. The zero-order chi connectivity index (χ0) is 47.0. The zero-order valence-corrected chi connectivity index (χ0v) is 41.7. The van der Waals surface area contributed by atoms with Crippen LogP contribution in [-0.4, -0.2) is 75.5 Å². The van der Waals surface area contributed by atoms with Crippen LogP contribution in [0.5, 0.6) is 0 Å². The van der Waals surface area contributed by atoms with Gasteiger partial charge in [-0.1, -0.05) is 176 Å². The molecule has 0 aromatic carbocycles. The first kappa shape index (κ1) is 60.5. The van der Waals surface area contributed by atoms with Gasteiger partial charge in [0.05, 0.1) is 40.3 Å². The lowest BCUT2D eigenvalue weighted by Gasteiger charge is -2.34.